The minimum absolute atomic E-state index is 0.222. The summed E-state index contributed by atoms with van der Waals surface area (Å²) in [6, 6.07) is 3.49. The lowest BCUT2D eigenvalue weighted by atomic mass is 10.2. The first-order chi connectivity index (χ1) is 10.9. The van der Waals surface area contributed by atoms with E-state index in [0.29, 0.717) is 17.1 Å². The number of halogens is 1. The number of carbonyl (C=O) groups excluding carboxylic acids is 3. The zero-order valence-electron chi connectivity index (χ0n) is 12.3. The molecule has 1 saturated heterocycles. The number of imide groups is 1. The smallest absolute Gasteiger partial charge is 0.294 e. The fourth-order valence-electron chi connectivity index (χ4n) is 1.96. The Morgan fingerprint density at radius 2 is 2.04 bits per heavy atom. The summed E-state index contributed by atoms with van der Waals surface area (Å²) < 4.78 is 11.3. The van der Waals surface area contributed by atoms with Crippen LogP contribution in [-0.2, 0) is 9.59 Å². The van der Waals surface area contributed by atoms with Gasteiger partial charge in [-0.1, -0.05) is 0 Å². The lowest BCUT2D eigenvalue weighted by molar-refractivity contribution is -0.127. The van der Waals surface area contributed by atoms with Crippen molar-refractivity contribution in [3.63, 3.8) is 0 Å². The summed E-state index contributed by atoms with van der Waals surface area (Å²) in [7, 11) is 3.05. The van der Waals surface area contributed by atoms with E-state index in [-0.39, 0.29) is 4.91 Å². The molecule has 0 bridgehead atoms. The summed E-state index contributed by atoms with van der Waals surface area (Å²) in [4.78, 5) is 35.9. The highest BCUT2D eigenvalue weighted by molar-refractivity contribution is 14.1. The first kappa shape index (κ1) is 17.6. The van der Waals surface area contributed by atoms with Gasteiger partial charge >= 0.3 is 0 Å². The third-order valence-corrected chi connectivity index (χ3v) is 4.65. The second kappa shape index (κ2) is 7.21. The molecule has 1 fully saturated rings. The Bertz CT molecular complexity index is 719. The Morgan fingerprint density at radius 1 is 1.35 bits per heavy atom. The van der Waals surface area contributed by atoms with Gasteiger partial charge in [0.2, 0.25) is 5.91 Å². The lowest BCUT2D eigenvalue weighted by Crippen LogP contribution is -2.36. The summed E-state index contributed by atoms with van der Waals surface area (Å²) in [6.45, 7) is -0.425. The van der Waals surface area contributed by atoms with Gasteiger partial charge in [0.1, 0.15) is 6.54 Å². The van der Waals surface area contributed by atoms with E-state index in [2.05, 4.69) is 22.6 Å². The van der Waals surface area contributed by atoms with Crippen molar-refractivity contribution in [3.05, 3.63) is 26.2 Å². The summed E-state index contributed by atoms with van der Waals surface area (Å²) in [5.74, 6) is -0.174. The van der Waals surface area contributed by atoms with E-state index in [1.54, 1.807) is 18.2 Å². The molecule has 0 unspecified atom stereocenters. The Kier molecular flexibility index (Phi) is 5.52. The predicted molar refractivity (Wildman–Crippen MR) is 94.1 cm³/mol. The molecule has 0 saturated carbocycles. The minimum Gasteiger partial charge on any atom is -0.493 e. The quantitative estimate of drug-likeness (QED) is 0.545. The molecule has 1 aromatic rings. The molecule has 23 heavy (non-hydrogen) atoms. The number of carbonyl (C=O) groups is 3. The molecule has 9 heteroatoms. The van der Waals surface area contributed by atoms with E-state index in [1.807, 2.05) is 0 Å². The minimum atomic E-state index is -0.741. The number of nitrogens with zero attached hydrogens (tertiary/aromatic N) is 1. The van der Waals surface area contributed by atoms with Crippen LogP contribution in [0.2, 0.25) is 0 Å². The number of benzene rings is 1. The molecule has 0 aliphatic carbocycles. The van der Waals surface area contributed by atoms with Crippen LogP contribution in [0.3, 0.4) is 0 Å². The highest BCUT2D eigenvalue weighted by Crippen LogP contribution is 2.36. The molecular formula is C14H13IN2O5S. The predicted octanol–water partition coefficient (Wildman–Crippen LogP) is 1.83. The standard InChI is InChI=1S/C14H13IN2O5S/c1-21-9-4-7(3-8(15)12(9)22-2)5-10-13(19)17(6-11(16)18)14(20)23-10/h3-5H,6H2,1-2H3,(H2,16,18)/b10-5-. The number of amides is 3. The van der Waals surface area contributed by atoms with E-state index < -0.39 is 23.6 Å². The number of ether oxygens (including phenoxy) is 2. The lowest BCUT2D eigenvalue weighted by Gasteiger charge is -2.11. The SMILES string of the molecule is COc1cc(/C=C2\SC(=O)N(CC(N)=O)C2=O)cc(I)c1OC. The maximum absolute atomic E-state index is 12.2. The molecule has 0 atom stereocenters. The first-order valence-electron chi connectivity index (χ1n) is 6.32. The van der Waals surface area contributed by atoms with Crippen LogP contribution >= 0.6 is 34.4 Å². The van der Waals surface area contributed by atoms with Crippen molar-refractivity contribution in [2.75, 3.05) is 20.8 Å². The van der Waals surface area contributed by atoms with Crippen molar-refractivity contribution < 1.29 is 23.9 Å². The normalized spacial score (nSPS) is 16.1. The molecule has 7 nitrogen and oxygen atoms in total. The second-order valence-corrected chi connectivity index (χ2v) is 6.63. The van der Waals surface area contributed by atoms with Gasteiger partial charge in [0.25, 0.3) is 11.1 Å². The fourth-order valence-corrected chi connectivity index (χ4v) is 3.65. The van der Waals surface area contributed by atoms with Crippen LogP contribution in [-0.4, -0.2) is 42.7 Å². The maximum Gasteiger partial charge on any atom is 0.294 e. The molecule has 1 heterocycles. The molecule has 0 radical (unpaired) electrons. The Labute approximate surface area is 150 Å². The Morgan fingerprint density at radius 3 is 2.61 bits per heavy atom. The van der Waals surface area contributed by atoms with Gasteiger partial charge in [-0.25, -0.2) is 0 Å². The largest absolute Gasteiger partial charge is 0.493 e. The molecule has 2 N–H and O–H groups in total. The second-order valence-electron chi connectivity index (χ2n) is 4.47. The molecular weight excluding hydrogens is 435 g/mol. The van der Waals surface area contributed by atoms with E-state index in [1.165, 1.54) is 14.2 Å². The van der Waals surface area contributed by atoms with Crippen molar-refractivity contribution in [3.8, 4) is 11.5 Å². The summed E-state index contributed by atoms with van der Waals surface area (Å²) >= 11 is 2.85. The maximum atomic E-state index is 12.2. The number of thioether (sulfide) groups is 1. The number of hydrogen-bond donors (Lipinski definition) is 1. The van der Waals surface area contributed by atoms with Gasteiger partial charge in [0.15, 0.2) is 11.5 Å². The zero-order chi connectivity index (χ0) is 17.1. The molecule has 2 rings (SSSR count). The van der Waals surface area contributed by atoms with Crippen LogP contribution in [0.25, 0.3) is 6.08 Å². The van der Waals surface area contributed by atoms with Crippen molar-refractivity contribution >= 4 is 57.5 Å². The third-order valence-electron chi connectivity index (χ3n) is 2.94. The number of nitrogens with two attached hydrogens (primary N) is 1. The molecule has 3 amide bonds. The van der Waals surface area contributed by atoms with E-state index >= 15 is 0 Å². The van der Waals surface area contributed by atoms with Crippen LogP contribution in [0.1, 0.15) is 5.56 Å². The third kappa shape index (κ3) is 3.78. The summed E-state index contributed by atoms with van der Waals surface area (Å²) in [5.41, 5.74) is 5.72. The fraction of sp³-hybridized carbons (Fsp3) is 0.214. The van der Waals surface area contributed by atoms with Crippen LogP contribution in [0, 0.1) is 3.57 Å². The average molecular weight is 448 g/mol. The van der Waals surface area contributed by atoms with Crippen LogP contribution in [0.5, 0.6) is 11.5 Å². The number of rotatable bonds is 5. The summed E-state index contributed by atoms with van der Waals surface area (Å²) in [5, 5.41) is -0.518. The molecule has 0 spiro atoms. The van der Waals surface area contributed by atoms with Gasteiger partial charge in [0, 0.05) is 0 Å². The molecule has 122 valence electrons. The number of methoxy groups -OCH3 is 2. The van der Waals surface area contributed by atoms with Crippen LogP contribution in [0.4, 0.5) is 4.79 Å². The van der Waals surface area contributed by atoms with Gasteiger partial charge < -0.3 is 15.2 Å². The van der Waals surface area contributed by atoms with Gasteiger partial charge in [-0.2, -0.15) is 0 Å². The molecule has 0 aromatic heterocycles. The summed E-state index contributed by atoms with van der Waals surface area (Å²) in [6.07, 6.45) is 1.57. The molecule has 1 aromatic carbocycles. The van der Waals surface area contributed by atoms with E-state index in [9.17, 15) is 14.4 Å². The van der Waals surface area contributed by atoms with Crippen molar-refractivity contribution in [1.82, 2.24) is 4.90 Å². The Balaban J connectivity index is 2.36. The van der Waals surface area contributed by atoms with Gasteiger partial charge in [-0.05, 0) is 58.1 Å². The van der Waals surface area contributed by atoms with Gasteiger partial charge in [0.05, 0.1) is 22.7 Å². The van der Waals surface area contributed by atoms with Gasteiger partial charge in [-0.3, -0.25) is 19.3 Å². The van der Waals surface area contributed by atoms with E-state index in [0.717, 1.165) is 20.2 Å². The average Bonchev–Trinajstić information content (AvgIpc) is 2.73. The topological polar surface area (TPSA) is 98.9 Å². The first-order valence-corrected chi connectivity index (χ1v) is 8.22. The zero-order valence-corrected chi connectivity index (χ0v) is 15.3. The monoisotopic (exact) mass is 448 g/mol. The number of hydrogen-bond acceptors (Lipinski definition) is 6. The highest BCUT2D eigenvalue weighted by Gasteiger charge is 2.35. The van der Waals surface area contributed by atoms with Crippen LogP contribution in [0.15, 0.2) is 17.0 Å². The van der Waals surface area contributed by atoms with Gasteiger partial charge in [-0.15, -0.1) is 0 Å². The number of primary amides is 1. The van der Waals surface area contributed by atoms with Crippen molar-refractivity contribution in [1.29, 1.82) is 0 Å². The molecule has 1 aliphatic rings. The highest BCUT2D eigenvalue weighted by atomic mass is 127. The Hall–Kier alpha value is -1.75. The van der Waals surface area contributed by atoms with E-state index in [4.69, 9.17) is 15.2 Å². The van der Waals surface area contributed by atoms with Crippen LogP contribution < -0.4 is 15.2 Å². The van der Waals surface area contributed by atoms with Crippen molar-refractivity contribution in [2.45, 2.75) is 0 Å². The molecule has 1 aliphatic heterocycles. The van der Waals surface area contributed by atoms with Crippen molar-refractivity contribution in [2.24, 2.45) is 5.73 Å².